The van der Waals surface area contributed by atoms with Gasteiger partial charge in [-0.1, -0.05) is 142 Å². The summed E-state index contributed by atoms with van der Waals surface area (Å²) in [6, 6.07) is 41.3. The smallest absolute Gasteiger partial charge is 0.239 e. The molecule has 0 N–H and O–H groups in total. The fraction of sp³-hybridized carbons (Fsp3) is 0.167. The molecule has 2 aliphatic carbocycles. The Morgan fingerprint density at radius 3 is 1.38 bits per heavy atom. The van der Waals surface area contributed by atoms with Crippen molar-refractivity contribution in [2.24, 2.45) is 11.8 Å². The highest BCUT2D eigenvalue weighted by atomic mass is 79.9. The van der Waals surface area contributed by atoms with Crippen LogP contribution in [0.4, 0.5) is 5.69 Å². The van der Waals surface area contributed by atoms with E-state index in [-0.39, 0.29) is 17.6 Å². The quantitative estimate of drug-likeness (QED) is 0.175. The molecule has 2 amide bonds. The summed E-state index contributed by atoms with van der Waals surface area (Å²) in [7, 11) is 0. The lowest BCUT2D eigenvalue weighted by Crippen LogP contribution is -2.45. The highest BCUT2D eigenvalue weighted by Gasteiger charge is 2.82. The van der Waals surface area contributed by atoms with Gasteiger partial charge >= 0.3 is 0 Å². The predicted molar refractivity (Wildman–Crippen MR) is 189 cm³/mol. The molecule has 0 spiro atoms. The topological polar surface area (TPSA) is 54.5 Å². The second-order valence-electron chi connectivity index (χ2n) is 13.1. The summed E-state index contributed by atoms with van der Waals surface area (Å²) in [5.41, 5.74) is 5.64. The number of anilines is 1. The van der Waals surface area contributed by atoms with Gasteiger partial charge in [0.15, 0.2) is 5.78 Å². The number of benzene rings is 5. The van der Waals surface area contributed by atoms with E-state index in [2.05, 4.69) is 64.5 Å². The molecule has 2 bridgehead atoms. The van der Waals surface area contributed by atoms with Crippen molar-refractivity contribution in [3.63, 3.8) is 0 Å². The minimum Gasteiger partial charge on any atom is -0.297 e. The molecule has 1 heterocycles. The fourth-order valence-electron chi connectivity index (χ4n) is 8.54. The van der Waals surface area contributed by atoms with Gasteiger partial charge in [0.1, 0.15) is 0 Å². The summed E-state index contributed by atoms with van der Waals surface area (Å²) >= 11 is 3.61. The monoisotopic (exact) mass is 677 g/mol. The normalized spacial score (nSPS) is 24.8. The highest BCUT2D eigenvalue weighted by molar-refractivity contribution is 9.10. The van der Waals surface area contributed by atoms with Gasteiger partial charge in [-0.2, -0.15) is 0 Å². The van der Waals surface area contributed by atoms with Crippen molar-refractivity contribution in [1.29, 1.82) is 0 Å². The molecule has 1 saturated carbocycles. The molecule has 0 aromatic heterocycles. The summed E-state index contributed by atoms with van der Waals surface area (Å²) in [5.74, 6) is -2.71. The standard InChI is InChI=1S/C42H32BrNO3/c1-25-14-19-28(20-15-25)34-35(29-21-16-26(2)17-22-29)42(31-12-8-5-9-13-31)37-36(41(34,40(42)47)30-10-6-4-7-11-30)38(45)44(39(37)46)32-23-18-27(3)33(43)24-32/h4-24,36-37H,1-3H3/t36-,37-,41-,42-/m1/s1. The van der Waals surface area contributed by atoms with Crippen LogP contribution in [0.1, 0.15) is 38.9 Å². The van der Waals surface area contributed by atoms with Crippen molar-refractivity contribution in [2.75, 3.05) is 4.90 Å². The fourth-order valence-corrected chi connectivity index (χ4v) is 8.91. The number of hydrogen-bond acceptors (Lipinski definition) is 3. The molecule has 47 heavy (non-hydrogen) atoms. The van der Waals surface area contributed by atoms with Gasteiger partial charge in [0.05, 0.1) is 28.4 Å². The number of nitrogens with zero attached hydrogens (tertiary/aromatic N) is 1. The Labute approximate surface area is 282 Å². The van der Waals surface area contributed by atoms with Crippen LogP contribution in [0.25, 0.3) is 11.1 Å². The van der Waals surface area contributed by atoms with Gasteiger partial charge in [0.2, 0.25) is 11.8 Å². The molecule has 3 aliphatic rings. The number of carbonyl (C=O) groups excluding carboxylic acids is 3. The number of aryl methyl sites for hydroxylation is 3. The molecule has 8 rings (SSSR count). The predicted octanol–water partition coefficient (Wildman–Crippen LogP) is 8.56. The van der Waals surface area contributed by atoms with Crippen LogP contribution in [0.5, 0.6) is 0 Å². The molecule has 5 heteroatoms. The van der Waals surface area contributed by atoms with Crippen molar-refractivity contribution in [3.05, 3.63) is 171 Å². The number of imide groups is 1. The van der Waals surface area contributed by atoms with E-state index in [0.29, 0.717) is 5.69 Å². The van der Waals surface area contributed by atoms with Crippen LogP contribution < -0.4 is 4.90 Å². The van der Waals surface area contributed by atoms with Gasteiger partial charge in [0, 0.05) is 4.47 Å². The Hall–Kier alpha value is -4.87. The number of fused-ring (bicyclic) bond motifs is 5. The molecule has 5 aromatic carbocycles. The van der Waals surface area contributed by atoms with Crippen molar-refractivity contribution < 1.29 is 14.4 Å². The summed E-state index contributed by atoms with van der Waals surface area (Å²) in [4.78, 5) is 47.6. The molecule has 4 atom stereocenters. The van der Waals surface area contributed by atoms with E-state index in [9.17, 15) is 0 Å². The minimum absolute atomic E-state index is 0.116. The van der Waals surface area contributed by atoms with Crippen LogP contribution in [0, 0.1) is 32.6 Å². The first-order valence-corrected chi connectivity index (χ1v) is 16.7. The van der Waals surface area contributed by atoms with E-state index in [0.717, 1.165) is 54.6 Å². The van der Waals surface area contributed by atoms with E-state index in [1.807, 2.05) is 99.6 Å². The first-order valence-electron chi connectivity index (χ1n) is 15.9. The number of carbonyl (C=O) groups is 3. The van der Waals surface area contributed by atoms with Crippen LogP contribution in [0.2, 0.25) is 0 Å². The number of ketones is 1. The molecule has 1 saturated heterocycles. The summed E-state index contributed by atoms with van der Waals surface area (Å²) in [6.07, 6.45) is 0. The Bertz CT molecular complexity index is 2010. The summed E-state index contributed by atoms with van der Waals surface area (Å²) < 4.78 is 0.807. The lowest BCUT2D eigenvalue weighted by molar-refractivity contribution is -0.130. The zero-order valence-corrected chi connectivity index (χ0v) is 27.9. The van der Waals surface area contributed by atoms with Gasteiger partial charge in [0.25, 0.3) is 0 Å². The molecule has 0 radical (unpaired) electrons. The van der Waals surface area contributed by atoms with Crippen molar-refractivity contribution in [3.8, 4) is 0 Å². The molecule has 4 nitrogen and oxygen atoms in total. The SMILES string of the molecule is Cc1ccc(C2=C(c3ccc(C)cc3)[C@@]3(c4ccccc4)C(=O)[C@@]2(c2ccccc2)[C@H]2C(=O)N(c4ccc(C)c(Br)c4)C(=O)[C@@H]23)cc1. The number of allylic oxidation sites excluding steroid dienone is 2. The van der Waals surface area contributed by atoms with Gasteiger partial charge in [-0.3, -0.25) is 14.4 Å². The molecular formula is C42H32BrNO3. The van der Waals surface area contributed by atoms with E-state index in [1.54, 1.807) is 0 Å². The van der Waals surface area contributed by atoms with E-state index < -0.39 is 22.7 Å². The Morgan fingerprint density at radius 1 is 0.553 bits per heavy atom. The molecule has 0 unspecified atom stereocenters. The molecule has 1 aliphatic heterocycles. The maximum absolute atomic E-state index is 16.0. The minimum atomic E-state index is -1.42. The van der Waals surface area contributed by atoms with Gasteiger partial charge in [-0.25, -0.2) is 4.90 Å². The Morgan fingerprint density at radius 2 is 0.979 bits per heavy atom. The van der Waals surface area contributed by atoms with Crippen molar-refractivity contribution in [1.82, 2.24) is 0 Å². The first kappa shape index (κ1) is 29.5. The first-order chi connectivity index (χ1) is 22.7. The van der Waals surface area contributed by atoms with Crippen LogP contribution >= 0.6 is 15.9 Å². The van der Waals surface area contributed by atoms with Gasteiger partial charge in [-0.15, -0.1) is 0 Å². The average molecular weight is 679 g/mol. The molecular weight excluding hydrogens is 646 g/mol. The Balaban J connectivity index is 1.55. The lowest BCUT2D eigenvalue weighted by atomic mass is 9.59. The second kappa shape index (κ2) is 10.6. The number of rotatable bonds is 5. The van der Waals surface area contributed by atoms with Crippen molar-refractivity contribution in [2.45, 2.75) is 31.6 Å². The zero-order chi connectivity index (χ0) is 32.7. The molecule has 230 valence electrons. The van der Waals surface area contributed by atoms with E-state index >= 15 is 14.4 Å². The van der Waals surface area contributed by atoms with E-state index in [1.165, 1.54) is 4.90 Å². The number of halogens is 1. The van der Waals surface area contributed by atoms with Gasteiger partial charge in [-0.05, 0) is 71.9 Å². The van der Waals surface area contributed by atoms with Crippen LogP contribution in [0.15, 0.2) is 132 Å². The van der Waals surface area contributed by atoms with Crippen LogP contribution in [-0.2, 0) is 25.2 Å². The highest BCUT2D eigenvalue weighted by Crippen LogP contribution is 2.74. The van der Waals surface area contributed by atoms with Gasteiger partial charge < -0.3 is 0 Å². The summed E-state index contributed by atoms with van der Waals surface area (Å²) in [6.45, 7) is 6.04. The number of hydrogen-bond donors (Lipinski definition) is 0. The third kappa shape index (κ3) is 3.84. The van der Waals surface area contributed by atoms with Crippen LogP contribution in [0.3, 0.4) is 0 Å². The third-order valence-corrected chi connectivity index (χ3v) is 11.4. The number of amides is 2. The molecule has 5 aromatic rings. The maximum atomic E-state index is 16.0. The molecule has 2 fully saturated rings. The Kier molecular flexibility index (Phi) is 6.65. The third-order valence-electron chi connectivity index (χ3n) is 10.5. The zero-order valence-electron chi connectivity index (χ0n) is 26.3. The summed E-state index contributed by atoms with van der Waals surface area (Å²) in [5, 5.41) is 0. The number of Topliss-reactive ketones (excluding diaryl/α,β-unsaturated/α-hetero) is 1. The second-order valence-corrected chi connectivity index (χ2v) is 13.9. The lowest BCUT2D eigenvalue weighted by Gasteiger charge is -2.39. The average Bonchev–Trinajstić information content (AvgIpc) is 3.60. The largest absolute Gasteiger partial charge is 0.297 e. The van der Waals surface area contributed by atoms with Crippen molar-refractivity contribution >= 4 is 50.4 Å². The maximum Gasteiger partial charge on any atom is 0.239 e. The van der Waals surface area contributed by atoms with E-state index in [4.69, 9.17) is 0 Å². The van der Waals surface area contributed by atoms with Crippen LogP contribution in [-0.4, -0.2) is 17.6 Å².